The first-order chi connectivity index (χ1) is 8.81. The quantitative estimate of drug-likeness (QED) is 0.788. The Morgan fingerprint density at radius 3 is 2.42 bits per heavy atom. The van der Waals surface area contributed by atoms with Crippen LogP contribution in [0.3, 0.4) is 0 Å². The molecule has 0 saturated heterocycles. The lowest BCUT2D eigenvalue weighted by molar-refractivity contribution is -0.117. The van der Waals surface area contributed by atoms with Gasteiger partial charge in [-0.2, -0.15) is 0 Å². The van der Waals surface area contributed by atoms with Gasteiger partial charge in [0.05, 0.1) is 18.9 Å². The van der Waals surface area contributed by atoms with E-state index in [2.05, 4.69) is 5.32 Å². The second kappa shape index (κ2) is 6.53. The smallest absolute Gasteiger partial charge is 0.241 e. The van der Waals surface area contributed by atoms with Crippen molar-refractivity contribution in [2.24, 2.45) is 5.73 Å². The normalized spacial score (nSPS) is 12.8. The highest BCUT2D eigenvalue weighted by atomic mass is 32.2. The van der Waals surface area contributed by atoms with E-state index in [9.17, 15) is 13.2 Å². The molecule has 0 fully saturated rings. The third-order valence-corrected chi connectivity index (χ3v) is 3.47. The van der Waals surface area contributed by atoms with Crippen molar-refractivity contribution in [2.75, 3.05) is 24.4 Å². The molecular formula is C12H18N2O4S. The molecule has 1 amide bonds. The van der Waals surface area contributed by atoms with Crippen LogP contribution in [0.4, 0.5) is 5.69 Å². The Labute approximate surface area is 112 Å². The molecule has 0 heterocycles. The molecule has 0 aliphatic heterocycles. The van der Waals surface area contributed by atoms with Crippen molar-refractivity contribution in [1.29, 1.82) is 0 Å². The number of sulfone groups is 1. The molecule has 19 heavy (non-hydrogen) atoms. The first kappa shape index (κ1) is 15.5. The summed E-state index contributed by atoms with van der Waals surface area (Å²) in [6, 6.07) is 5.92. The maximum atomic E-state index is 11.7. The van der Waals surface area contributed by atoms with E-state index in [0.717, 1.165) is 6.26 Å². The second-order valence-corrected chi connectivity index (χ2v) is 6.50. The highest BCUT2D eigenvalue weighted by Crippen LogP contribution is 2.15. The summed E-state index contributed by atoms with van der Waals surface area (Å²) in [5, 5.41) is 2.61. The summed E-state index contributed by atoms with van der Waals surface area (Å²) in [6.07, 6.45) is 1.21. The Bertz CT molecular complexity index is 525. The fraction of sp³-hybridized carbons (Fsp3) is 0.417. The van der Waals surface area contributed by atoms with Gasteiger partial charge in [0.2, 0.25) is 5.91 Å². The molecule has 3 N–H and O–H groups in total. The summed E-state index contributed by atoms with van der Waals surface area (Å²) >= 11 is 0. The number of ether oxygens (including phenoxy) is 1. The Hall–Kier alpha value is -1.60. The molecule has 0 aliphatic rings. The third-order valence-electron chi connectivity index (χ3n) is 2.49. The fourth-order valence-corrected chi connectivity index (χ4v) is 2.06. The Kier molecular flexibility index (Phi) is 5.31. The Morgan fingerprint density at radius 1 is 1.37 bits per heavy atom. The minimum absolute atomic E-state index is 0.0980. The van der Waals surface area contributed by atoms with Crippen molar-refractivity contribution in [3.8, 4) is 5.75 Å². The van der Waals surface area contributed by atoms with Crippen LogP contribution in [-0.4, -0.2) is 39.5 Å². The second-order valence-electron chi connectivity index (χ2n) is 4.24. The number of amides is 1. The van der Waals surface area contributed by atoms with Crippen LogP contribution in [0.25, 0.3) is 0 Å². The highest BCUT2D eigenvalue weighted by Gasteiger charge is 2.16. The van der Waals surface area contributed by atoms with E-state index in [-0.39, 0.29) is 12.2 Å². The maximum Gasteiger partial charge on any atom is 0.241 e. The molecule has 0 spiro atoms. The number of nitrogens with one attached hydrogen (secondary N) is 1. The zero-order valence-corrected chi connectivity index (χ0v) is 11.7. The monoisotopic (exact) mass is 286 g/mol. The van der Waals surface area contributed by atoms with E-state index in [1.165, 1.54) is 0 Å². The Balaban J connectivity index is 2.53. The zero-order valence-electron chi connectivity index (χ0n) is 10.9. The summed E-state index contributed by atoms with van der Waals surface area (Å²) < 4.78 is 27.0. The van der Waals surface area contributed by atoms with Crippen molar-refractivity contribution in [1.82, 2.24) is 0 Å². The number of rotatable bonds is 6. The molecular weight excluding hydrogens is 268 g/mol. The van der Waals surface area contributed by atoms with Crippen molar-refractivity contribution in [2.45, 2.75) is 12.5 Å². The van der Waals surface area contributed by atoms with Crippen LogP contribution in [0.15, 0.2) is 24.3 Å². The van der Waals surface area contributed by atoms with Gasteiger partial charge in [0.15, 0.2) is 0 Å². The van der Waals surface area contributed by atoms with E-state index < -0.39 is 21.8 Å². The van der Waals surface area contributed by atoms with E-state index in [1.54, 1.807) is 31.4 Å². The average molecular weight is 286 g/mol. The lowest BCUT2D eigenvalue weighted by Gasteiger charge is -2.12. The van der Waals surface area contributed by atoms with Crippen LogP contribution in [0, 0.1) is 0 Å². The Morgan fingerprint density at radius 2 is 1.95 bits per heavy atom. The van der Waals surface area contributed by atoms with Crippen LogP contribution >= 0.6 is 0 Å². The molecule has 7 heteroatoms. The predicted octanol–water partition coefficient (Wildman–Crippen LogP) is 0.396. The summed E-state index contributed by atoms with van der Waals surface area (Å²) in [5.74, 6) is 0.165. The fourth-order valence-electron chi connectivity index (χ4n) is 1.38. The van der Waals surface area contributed by atoms with Crippen molar-refractivity contribution in [3.63, 3.8) is 0 Å². The largest absolute Gasteiger partial charge is 0.497 e. The van der Waals surface area contributed by atoms with Crippen molar-refractivity contribution < 1.29 is 17.9 Å². The number of anilines is 1. The lowest BCUT2D eigenvalue weighted by atomic mass is 10.2. The number of methoxy groups -OCH3 is 1. The molecule has 1 unspecified atom stereocenters. The minimum atomic E-state index is -3.11. The van der Waals surface area contributed by atoms with Gasteiger partial charge in [0.25, 0.3) is 0 Å². The van der Waals surface area contributed by atoms with Crippen molar-refractivity contribution in [3.05, 3.63) is 24.3 Å². The standard InChI is InChI=1S/C12H18N2O4S/c1-18-10-5-3-9(4-6-10)14-12(15)11(13)7-8-19(2,16)17/h3-6,11H,7-8,13H2,1-2H3,(H,14,15). The van der Waals surface area contributed by atoms with Crippen LogP contribution in [0.5, 0.6) is 5.75 Å². The molecule has 0 aliphatic carbocycles. The lowest BCUT2D eigenvalue weighted by Crippen LogP contribution is -2.37. The molecule has 0 saturated carbocycles. The number of hydrogen-bond acceptors (Lipinski definition) is 5. The summed E-state index contributed by atoms with van der Waals surface area (Å²) in [6.45, 7) is 0. The average Bonchev–Trinajstić information content (AvgIpc) is 2.36. The molecule has 0 bridgehead atoms. The van der Waals surface area contributed by atoms with E-state index in [1.807, 2.05) is 0 Å². The number of benzene rings is 1. The number of carbonyl (C=O) groups excluding carboxylic acids is 1. The summed E-state index contributed by atoms with van der Waals surface area (Å²) in [7, 11) is -1.56. The van der Waals surface area contributed by atoms with Crippen LogP contribution in [0.1, 0.15) is 6.42 Å². The van der Waals surface area contributed by atoms with Gasteiger partial charge in [-0.3, -0.25) is 4.79 Å². The molecule has 0 radical (unpaired) electrons. The SMILES string of the molecule is COc1ccc(NC(=O)C(N)CCS(C)(=O)=O)cc1. The number of hydrogen-bond donors (Lipinski definition) is 2. The van der Waals surface area contributed by atoms with Gasteiger partial charge in [-0.05, 0) is 30.7 Å². The van der Waals surface area contributed by atoms with E-state index in [0.29, 0.717) is 11.4 Å². The van der Waals surface area contributed by atoms with Gasteiger partial charge in [-0.1, -0.05) is 0 Å². The maximum absolute atomic E-state index is 11.7. The van der Waals surface area contributed by atoms with Gasteiger partial charge >= 0.3 is 0 Å². The van der Waals surface area contributed by atoms with E-state index in [4.69, 9.17) is 10.5 Å². The van der Waals surface area contributed by atoms with Gasteiger partial charge in [0, 0.05) is 11.9 Å². The van der Waals surface area contributed by atoms with Gasteiger partial charge in [0.1, 0.15) is 15.6 Å². The van der Waals surface area contributed by atoms with Crippen LogP contribution in [0.2, 0.25) is 0 Å². The molecule has 0 aromatic heterocycles. The summed E-state index contributed by atoms with van der Waals surface area (Å²) in [5.41, 5.74) is 6.21. The first-order valence-corrected chi connectivity index (χ1v) is 7.76. The molecule has 106 valence electrons. The molecule has 1 aromatic carbocycles. The summed E-state index contributed by atoms with van der Waals surface area (Å²) in [4.78, 5) is 11.7. The van der Waals surface area contributed by atoms with Gasteiger partial charge in [-0.15, -0.1) is 0 Å². The van der Waals surface area contributed by atoms with E-state index >= 15 is 0 Å². The third kappa shape index (κ3) is 5.71. The van der Waals surface area contributed by atoms with Crippen LogP contribution < -0.4 is 15.8 Å². The highest BCUT2D eigenvalue weighted by molar-refractivity contribution is 7.90. The molecule has 1 atom stereocenters. The van der Waals surface area contributed by atoms with Crippen molar-refractivity contribution >= 4 is 21.4 Å². The molecule has 1 aromatic rings. The van der Waals surface area contributed by atoms with Gasteiger partial charge < -0.3 is 15.8 Å². The number of nitrogens with two attached hydrogens (primary N) is 1. The zero-order chi connectivity index (χ0) is 14.5. The van der Waals surface area contributed by atoms with Gasteiger partial charge in [-0.25, -0.2) is 8.42 Å². The van der Waals surface area contributed by atoms with Crippen LogP contribution in [-0.2, 0) is 14.6 Å². The molecule has 6 nitrogen and oxygen atoms in total. The predicted molar refractivity (Wildman–Crippen MR) is 73.9 cm³/mol. The number of carbonyl (C=O) groups is 1. The molecule has 1 rings (SSSR count). The topological polar surface area (TPSA) is 98.5 Å². The minimum Gasteiger partial charge on any atom is -0.497 e. The first-order valence-electron chi connectivity index (χ1n) is 5.70.